The van der Waals surface area contributed by atoms with Gasteiger partial charge in [0.25, 0.3) is 0 Å². The number of nitrogens with one attached hydrogen (secondary N) is 1. The van der Waals surface area contributed by atoms with Gasteiger partial charge in [-0.15, -0.1) is 0 Å². The van der Waals surface area contributed by atoms with E-state index >= 15 is 0 Å². The maximum absolute atomic E-state index is 11.5. The van der Waals surface area contributed by atoms with Gasteiger partial charge >= 0.3 is 0 Å². The van der Waals surface area contributed by atoms with Crippen LogP contribution >= 0.6 is 11.6 Å². The number of hydrogen-bond donors (Lipinski definition) is 1. The van der Waals surface area contributed by atoms with Gasteiger partial charge in [0.05, 0.1) is 11.6 Å². The average molecular weight is 435 g/mol. The van der Waals surface area contributed by atoms with Gasteiger partial charge in [-0.1, -0.05) is 36.7 Å². The van der Waals surface area contributed by atoms with Crippen molar-refractivity contribution in [1.29, 1.82) is 0 Å². The van der Waals surface area contributed by atoms with Crippen molar-refractivity contribution >= 4 is 38.4 Å². The van der Waals surface area contributed by atoms with Crippen molar-refractivity contribution in [1.82, 2.24) is 5.16 Å². The number of hydrogen-bond acceptors (Lipinski definition) is 5. The molecule has 0 unspecified atom stereocenters. The minimum Gasteiger partial charge on any atom is -0.489 e. The summed E-state index contributed by atoms with van der Waals surface area (Å²) in [4.78, 5) is 0. The normalized spacial score (nSPS) is 15.9. The fourth-order valence-corrected chi connectivity index (χ4v) is 4.42. The topological polar surface area (TPSA) is 81.4 Å². The number of halogens is 1. The van der Waals surface area contributed by atoms with Crippen LogP contribution in [0, 0.1) is 5.41 Å². The van der Waals surface area contributed by atoms with Gasteiger partial charge in [0, 0.05) is 10.6 Å². The highest BCUT2D eigenvalue weighted by Crippen LogP contribution is 2.36. The van der Waals surface area contributed by atoms with Gasteiger partial charge < -0.3 is 9.26 Å². The van der Waals surface area contributed by atoms with Crippen LogP contribution in [0.3, 0.4) is 0 Å². The third-order valence-electron chi connectivity index (χ3n) is 5.23. The van der Waals surface area contributed by atoms with Gasteiger partial charge in [-0.05, 0) is 60.1 Å². The summed E-state index contributed by atoms with van der Waals surface area (Å²) >= 11 is 6.40. The quantitative estimate of drug-likeness (QED) is 0.614. The van der Waals surface area contributed by atoms with Crippen LogP contribution in [0.4, 0.5) is 5.82 Å². The minimum atomic E-state index is -3.46. The van der Waals surface area contributed by atoms with Crippen molar-refractivity contribution in [2.75, 3.05) is 11.0 Å². The largest absolute Gasteiger partial charge is 0.489 e. The Kier molecular flexibility index (Phi) is 4.99. The maximum atomic E-state index is 11.5. The smallest absolute Gasteiger partial charge is 0.231 e. The molecule has 0 bridgehead atoms. The highest BCUT2D eigenvalue weighted by Gasteiger charge is 2.25. The first-order valence-corrected chi connectivity index (χ1v) is 11.7. The van der Waals surface area contributed by atoms with Crippen LogP contribution in [-0.2, 0) is 29.5 Å². The molecule has 1 aromatic heterocycles. The highest BCUT2D eigenvalue weighted by atomic mass is 35.5. The summed E-state index contributed by atoms with van der Waals surface area (Å²) in [6.45, 7) is 4.86. The van der Waals surface area contributed by atoms with E-state index in [1.54, 1.807) is 12.1 Å². The zero-order valence-electron chi connectivity index (χ0n) is 16.6. The van der Waals surface area contributed by atoms with E-state index in [1.165, 1.54) is 17.5 Å². The van der Waals surface area contributed by atoms with Crippen molar-refractivity contribution in [3.05, 3.63) is 52.0 Å². The Morgan fingerprint density at radius 3 is 2.79 bits per heavy atom. The number of ether oxygens (including phenoxy) is 1. The zero-order chi connectivity index (χ0) is 20.8. The van der Waals surface area contributed by atoms with E-state index in [2.05, 4.69) is 35.9 Å². The predicted molar refractivity (Wildman–Crippen MR) is 114 cm³/mol. The Balaban J connectivity index is 1.54. The molecule has 154 valence electrons. The molecule has 1 heterocycles. The summed E-state index contributed by atoms with van der Waals surface area (Å²) in [5.41, 5.74) is 4.21. The molecule has 0 aliphatic heterocycles. The molecule has 1 aliphatic rings. The minimum absolute atomic E-state index is 0.120. The summed E-state index contributed by atoms with van der Waals surface area (Å²) < 4.78 is 36.5. The molecule has 0 radical (unpaired) electrons. The van der Waals surface area contributed by atoms with Gasteiger partial charge in [-0.2, -0.15) is 0 Å². The lowest BCUT2D eigenvalue weighted by Crippen LogP contribution is -2.22. The second-order valence-electron chi connectivity index (χ2n) is 8.41. The van der Waals surface area contributed by atoms with E-state index < -0.39 is 10.0 Å². The number of rotatable bonds is 5. The van der Waals surface area contributed by atoms with Gasteiger partial charge in [-0.3, -0.25) is 4.72 Å². The standard InChI is InChI=1S/C21H23ClN2O4S/c1-21(2)7-6-13-4-5-16(8-14(13)11-21)27-12-15-9-19-17(10-18(15)22)20(23-28-19)24-29(3,25)26/h4-5,8-10H,6-7,11-12H2,1-3H3,(H,23,24). The number of benzene rings is 2. The number of nitrogens with zero attached hydrogens (tertiary/aromatic N) is 1. The van der Waals surface area contributed by atoms with E-state index in [0.29, 0.717) is 21.4 Å². The summed E-state index contributed by atoms with van der Waals surface area (Å²) in [6, 6.07) is 9.61. The van der Waals surface area contributed by atoms with Crippen LogP contribution in [0.15, 0.2) is 34.9 Å². The van der Waals surface area contributed by atoms with Gasteiger partial charge in [0.1, 0.15) is 12.4 Å². The molecule has 1 aliphatic carbocycles. The number of anilines is 1. The highest BCUT2D eigenvalue weighted by molar-refractivity contribution is 7.92. The van der Waals surface area contributed by atoms with E-state index in [1.807, 2.05) is 6.07 Å². The van der Waals surface area contributed by atoms with Gasteiger partial charge in [-0.25, -0.2) is 8.42 Å². The molecule has 0 spiro atoms. The molecular weight excluding hydrogens is 412 g/mol. The molecule has 0 saturated carbocycles. The Labute approximate surface area is 175 Å². The molecule has 1 N–H and O–H groups in total. The van der Waals surface area contributed by atoms with Crippen molar-refractivity contribution in [3.63, 3.8) is 0 Å². The summed E-state index contributed by atoms with van der Waals surface area (Å²) in [5.74, 6) is 0.920. The lowest BCUT2D eigenvalue weighted by molar-refractivity contribution is 0.298. The summed E-state index contributed by atoms with van der Waals surface area (Å²) in [5, 5.41) is 4.73. The first-order chi connectivity index (χ1) is 13.6. The number of aryl methyl sites for hydroxylation is 1. The Hall–Kier alpha value is -2.25. The molecule has 0 amide bonds. The molecule has 6 nitrogen and oxygen atoms in total. The van der Waals surface area contributed by atoms with Crippen molar-refractivity contribution in [3.8, 4) is 5.75 Å². The maximum Gasteiger partial charge on any atom is 0.231 e. The van der Waals surface area contributed by atoms with E-state index in [-0.39, 0.29) is 12.4 Å². The lowest BCUT2D eigenvalue weighted by atomic mass is 9.74. The number of aromatic nitrogens is 1. The molecule has 0 atom stereocenters. The fraction of sp³-hybridized carbons (Fsp3) is 0.381. The predicted octanol–water partition coefficient (Wildman–Crippen LogP) is 4.95. The molecule has 3 aromatic rings. The average Bonchev–Trinajstić information content (AvgIpc) is 2.98. The van der Waals surface area contributed by atoms with Crippen LogP contribution in [0.25, 0.3) is 11.0 Å². The monoisotopic (exact) mass is 434 g/mol. The molecule has 0 saturated heterocycles. The number of sulfonamides is 1. The Morgan fingerprint density at radius 2 is 2.03 bits per heavy atom. The lowest BCUT2D eigenvalue weighted by Gasteiger charge is -2.31. The first kappa shape index (κ1) is 20.0. The Bertz CT molecular complexity index is 1180. The van der Waals surface area contributed by atoms with Gasteiger partial charge in [0.15, 0.2) is 11.4 Å². The Morgan fingerprint density at radius 1 is 1.24 bits per heavy atom. The van der Waals surface area contributed by atoms with Crippen LogP contribution in [0.2, 0.25) is 5.02 Å². The van der Waals surface area contributed by atoms with Gasteiger partial charge in [0.2, 0.25) is 10.0 Å². The molecule has 8 heteroatoms. The second kappa shape index (κ2) is 7.22. The van der Waals surface area contributed by atoms with Crippen LogP contribution in [0.1, 0.15) is 37.0 Å². The van der Waals surface area contributed by atoms with Crippen LogP contribution in [0.5, 0.6) is 5.75 Å². The van der Waals surface area contributed by atoms with Crippen LogP contribution < -0.4 is 9.46 Å². The first-order valence-electron chi connectivity index (χ1n) is 9.40. The number of fused-ring (bicyclic) bond motifs is 2. The van der Waals surface area contributed by atoms with E-state index in [4.69, 9.17) is 20.9 Å². The third-order valence-corrected chi connectivity index (χ3v) is 6.15. The fourth-order valence-electron chi connectivity index (χ4n) is 3.70. The molecule has 4 rings (SSSR count). The van der Waals surface area contributed by atoms with Crippen LogP contribution in [-0.4, -0.2) is 19.8 Å². The van der Waals surface area contributed by atoms with Crippen molar-refractivity contribution in [2.24, 2.45) is 5.41 Å². The van der Waals surface area contributed by atoms with Crippen molar-refractivity contribution < 1.29 is 17.7 Å². The summed E-state index contributed by atoms with van der Waals surface area (Å²) in [6.07, 6.45) is 4.39. The second-order valence-corrected chi connectivity index (χ2v) is 10.6. The molecule has 0 fully saturated rings. The molecule has 2 aromatic carbocycles. The van der Waals surface area contributed by atoms with Crippen molar-refractivity contribution in [2.45, 2.75) is 39.7 Å². The molecule has 29 heavy (non-hydrogen) atoms. The third kappa shape index (κ3) is 4.51. The molecular formula is C21H23ClN2O4S. The summed E-state index contributed by atoms with van der Waals surface area (Å²) in [7, 11) is -3.46. The SMILES string of the molecule is CC1(C)CCc2ccc(OCc3cc4onc(NS(C)(=O)=O)c4cc3Cl)cc2C1. The van der Waals surface area contributed by atoms with E-state index in [9.17, 15) is 8.42 Å². The van der Waals surface area contributed by atoms with E-state index in [0.717, 1.165) is 30.4 Å². The zero-order valence-corrected chi connectivity index (χ0v) is 18.2.